The number of hydrogen-bond acceptors (Lipinski definition) is 7. The van der Waals surface area contributed by atoms with Gasteiger partial charge in [-0.05, 0) is 6.42 Å². The van der Waals surface area contributed by atoms with E-state index in [0.717, 1.165) is 0 Å². The number of rotatable bonds is 11. The zero-order valence-corrected chi connectivity index (χ0v) is 14.0. The molecule has 0 aromatic carbocycles. The molecule has 21 heavy (non-hydrogen) atoms. The van der Waals surface area contributed by atoms with Gasteiger partial charge in [0.2, 0.25) is 0 Å². The predicted octanol–water partition coefficient (Wildman–Crippen LogP) is -0.102. The lowest BCUT2D eigenvalue weighted by atomic mass is 10.3. The predicted molar refractivity (Wildman–Crippen MR) is 74.3 cm³/mol. The lowest BCUT2D eigenvalue weighted by Crippen LogP contribution is -2.37. The molecule has 126 valence electrons. The summed E-state index contributed by atoms with van der Waals surface area (Å²) in [6, 6.07) is 0. The number of aliphatic hydroxyl groups is 1. The third kappa shape index (κ3) is 11.8. The SMILES string of the molecule is CCCC(=O)O[C@H](CO)COP(=O)([O-])OCC[N+](C)(C)C. The molecule has 0 saturated heterocycles. The molecule has 0 aliphatic heterocycles. The Kier molecular flexibility index (Phi) is 9.28. The Morgan fingerprint density at radius 1 is 1.33 bits per heavy atom. The molecule has 0 aliphatic rings. The number of hydrogen-bond donors (Lipinski definition) is 1. The molecule has 0 amide bonds. The number of carbonyl (C=O) groups excluding carboxylic acids is 1. The zero-order chi connectivity index (χ0) is 16.5. The van der Waals surface area contributed by atoms with Crippen molar-refractivity contribution in [3.8, 4) is 0 Å². The first-order chi connectivity index (χ1) is 9.59. The highest BCUT2D eigenvalue weighted by atomic mass is 31.2. The molecule has 2 atom stereocenters. The molecule has 0 radical (unpaired) electrons. The van der Waals surface area contributed by atoms with Crippen molar-refractivity contribution in [3.05, 3.63) is 0 Å². The Bertz CT molecular complexity index is 356. The normalized spacial score (nSPS) is 16.3. The van der Waals surface area contributed by atoms with E-state index in [2.05, 4.69) is 4.52 Å². The Morgan fingerprint density at radius 3 is 2.43 bits per heavy atom. The smallest absolute Gasteiger partial charge is 0.306 e. The highest BCUT2D eigenvalue weighted by Crippen LogP contribution is 2.38. The van der Waals surface area contributed by atoms with E-state index in [0.29, 0.717) is 17.4 Å². The molecular weight excluding hydrogens is 301 g/mol. The first-order valence-corrected chi connectivity index (χ1v) is 8.26. The molecule has 0 fully saturated rings. The van der Waals surface area contributed by atoms with Crippen molar-refractivity contribution in [2.75, 3.05) is 47.5 Å². The van der Waals surface area contributed by atoms with Gasteiger partial charge in [0.25, 0.3) is 7.82 Å². The van der Waals surface area contributed by atoms with Crippen LogP contribution in [-0.4, -0.2) is 69.2 Å². The molecule has 8 nitrogen and oxygen atoms in total. The average molecular weight is 327 g/mol. The number of aliphatic hydroxyl groups excluding tert-OH is 1. The second kappa shape index (κ2) is 9.50. The fourth-order valence-electron chi connectivity index (χ4n) is 1.21. The van der Waals surface area contributed by atoms with Gasteiger partial charge < -0.3 is 28.3 Å². The summed E-state index contributed by atoms with van der Waals surface area (Å²) in [7, 11) is 1.23. The quantitative estimate of drug-likeness (QED) is 0.321. The van der Waals surface area contributed by atoms with E-state index >= 15 is 0 Å². The molecule has 0 aromatic heterocycles. The summed E-state index contributed by atoms with van der Waals surface area (Å²) in [5.74, 6) is -0.508. The minimum absolute atomic E-state index is 0.0102. The van der Waals surface area contributed by atoms with Gasteiger partial charge in [0, 0.05) is 6.42 Å². The van der Waals surface area contributed by atoms with E-state index < -0.39 is 33.1 Å². The summed E-state index contributed by atoms with van der Waals surface area (Å²) < 4.78 is 26.2. The van der Waals surface area contributed by atoms with E-state index in [9.17, 15) is 14.3 Å². The second-order valence-electron chi connectivity index (χ2n) is 5.63. The van der Waals surface area contributed by atoms with E-state index in [1.807, 2.05) is 21.1 Å². The molecule has 0 heterocycles. The van der Waals surface area contributed by atoms with Crippen LogP contribution in [0.4, 0.5) is 0 Å². The van der Waals surface area contributed by atoms with Crippen LogP contribution in [0, 0.1) is 0 Å². The average Bonchev–Trinajstić information content (AvgIpc) is 2.32. The van der Waals surface area contributed by atoms with Gasteiger partial charge in [-0.15, -0.1) is 0 Å². The Labute approximate surface area is 125 Å². The van der Waals surface area contributed by atoms with Crippen molar-refractivity contribution < 1.29 is 37.6 Å². The number of likely N-dealkylation sites (N-methyl/N-ethyl adjacent to an activating group) is 1. The molecular formula is C12H26NO7P. The number of ether oxygens (including phenoxy) is 1. The van der Waals surface area contributed by atoms with Gasteiger partial charge in [-0.3, -0.25) is 9.36 Å². The highest BCUT2D eigenvalue weighted by molar-refractivity contribution is 7.45. The van der Waals surface area contributed by atoms with E-state index in [1.165, 1.54) is 0 Å². The standard InChI is InChI=1S/C12H26NO7P/c1-5-6-12(15)20-11(9-14)10-19-21(16,17)18-8-7-13(2,3)4/h11,14H,5-10H2,1-4H3/t11-/m1/s1. The maximum absolute atomic E-state index is 11.5. The van der Waals surface area contributed by atoms with Gasteiger partial charge in [0.05, 0.1) is 34.4 Å². The monoisotopic (exact) mass is 327 g/mol. The van der Waals surface area contributed by atoms with Gasteiger partial charge in [0.1, 0.15) is 19.3 Å². The molecule has 1 N–H and O–H groups in total. The van der Waals surface area contributed by atoms with Crippen LogP contribution in [0.5, 0.6) is 0 Å². The largest absolute Gasteiger partial charge is 0.756 e. The molecule has 0 spiro atoms. The van der Waals surface area contributed by atoms with E-state index in [1.54, 1.807) is 6.92 Å². The molecule has 1 unspecified atom stereocenters. The lowest BCUT2D eigenvalue weighted by Gasteiger charge is -2.28. The molecule has 0 aliphatic carbocycles. The third-order valence-corrected chi connectivity index (χ3v) is 3.35. The topological polar surface area (TPSA) is 105 Å². The van der Waals surface area contributed by atoms with Gasteiger partial charge >= 0.3 is 5.97 Å². The number of phosphoric ester groups is 1. The van der Waals surface area contributed by atoms with Crippen molar-refractivity contribution in [3.63, 3.8) is 0 Å². The summed E-state index contributed by atoms with van der Waals surface area (Å²) in [5, 5.41) is 9.03. The Morgan fingerprint density at radius 2 is 1.95 bits per heavy atom. The van der Waals surface area contributed by atoms with Crippen LogP contribution in [0.25, 0.3) is 0 Å². The summed E-state index contributed by atoms with van der Waals surface area (Å²) in [5.41, 5.74) is 0. The van der Waals surface area contributed by atoms with Crippen LogP contribution in [0.1, 0.15) is 19.8 Å². The maximum Gasteiger partial charge on any atom is 0.306 e. The molecule has 9 heteroatoms. The van der Waals surface area contributed by atoms with Crippen LogP contribution in [0.15, 0.2) is 0 Å². The minimum Gasteiger partial charge on any atom is -0.756 e. The molecule has 0 saturated carbocycles. The fraction of sp³-hybridized carbons (Fsp3) is 0.917. The second-order valence-corrected chi connectivity index (χ2v) is 7.05. The molecule has 0 aromatic rings. The van der Waals surface area contributed by atoms with E-state index in [4.69, 9.17) is 14.4 Å². The first-order valence-electron chi connectivity index (χ1n) is 6.80. The summed E-state index contributed by atoms with van der Waals surface area (Å²) in [6.45, 7) is 1.30. The number of esters is 1. The van der Waals surface area contributed by atoms with Gasteiger partial charge in [-0.2, -0.15) is 0 Å². The van der Waals surface area contributed by atoms with E-state index in [-0.39, 0.29) is 13.0 Å². The first kappa shape index (κ1) is 20.5. The van der Waals surface area contributed by atoms with Gasteiger partial charge in [0.15, 0.2) is 0 Å². The van der Waals surface area contributed by atoms with Crippen molar-refractivity contribution in [1.29, 1.82) is 0 Å². The summed E-state index contributed by atoms with van der Waals surface area (Å²) in [4.78, 5) is 22.8. The van der Waals surface area contributed by atoms with Crippen LogP contribution < -0.4 is 4.89 Å². The number of phosphoric acid groups is 1. The van der Waals surface area contributed by atoms with Crippen LogP contribution in [0.3, 0.4) is 0 Å². The van der Waals surface area contributed by atoms with Crippen LogP contribution in [-0.2, 0) is 23.1 Å². The summed E-state index contributed by atoms with van der Waals surface area (Å²) in [6.07, 6.45) is -0.217. The summed E-state index contributed by atoms with van der Waals surface area (Å²) >= 11 is 0. The zero-order valence-electron chi connectivity index (χ0n) is 13.1. The third-order valence-electron chi connectivity index (χ3n) is 2.39. The highest BCUT2D eigenvalue weighted by Gasteiger charge is 2.18. The number of carbonyl (C=O) groups is 1. The van der Waals surface area contributed by atoms with Crippen LogP contribution >= 0.6 is 7.82 Å². The Balaban J connectivity index is 4.14. The van der Waals surface area contributed by atoms with Crippen molar-refractivity contribution in [1.82, 2.24) is 0 Å². The molecule has 0 rings (SSSR count). The van der Waals surface area contributed by atoms with Crippen molar-refractivity contribution in [2.24, 2.45) is 0 Å². The fourth-order valence-corrected chi connectivity index (χ4v) is 1.94. The van der Waals surface area contributed by atoms with Crippen molar-refractivity contribution in [2.45, 2.75) is 25.9 Å². The lowest BCUT2D eigenvalue weighted by molar-refractivity contribution is -0.870. The molecule has 0 bridgehead atoms. The maximum atomic E-state index is 11.5. The number of quaternary nitrogens is 1. The van der Waals surface area contributed by atoms with Crippen LogP contribution in [0.2, 0.25) is 0 Å². The van der Waals surface area contributed by atoms with Gasteiger partial charge in [-0.1, -0.05) is 6.92 Å². The van der Waals surface area contributed by atoms with Crippen molar-refractivity contribution >= 4 is 13.8 Å². The number of nitrogens with zero attached hydrogens (tertiary/aromatic N) is 1. The minimum atomic E-state index is -4.47. The Hall–Kier alpha value is -0.500. The van der Waals surface area contributed by atoms with Gasteiger partial charge in [-0.25, -0.2) is 0 Å².